The molecule has 31 heavy (non-hydrogen) atoms. The number of ether oxygens (including phenoxy) is 1. The number of amides is 1. The Morgan fingerprint density at radius 1 is 1.19 bits per heavy atom. The van der Waals surface area contributed by atoms with E-state index < -0.39 is 15.7 Å². The lowest BCUT2D eigenvalue weighted by atomic mass is 9.93. The number of carbonyl (C=O) groups is 1. The van der Waals surface area contributed by atoms with Gasteiger partial charge in [0.1, 0.15) is 6.10 Å². The maximum absolute atomic E-state index is 14.8. The molecule has 3 N–H and O–H groups in total. The molecule has 1 aromatic carbocycles. The van der Waals surface area contributed by atoms with Gasteiger partial charge in [0.25, 0.3) is 0 Å². The largest absolute Gasteiger partial charge is 0.446 e. The number of nitrogens with one attached hydrogen (secondary N) is 3. The van der Waals surface area contributed by atoms with E-state index in [0.29, 0.717) is 17.8 Å². The van der Waals surface area contributed by atoms with Crippen LogP contribution in [0.15, 0.2) is 18.2 Å². The molecule has 8 nitrogen and oxygen atoms in total. The van der Waals surface area contributed by atoms with Gasteiger partial charge in [-0.2, -0.15) is 5.10 Å². The summed E-state index contributed by atoms with van der Waals surface area (Å²) in [5, 5.41) is 13.0. The summed E-state index contributed by atoms with van der Waals surface area (Å²) in [6, 6.07) is 5.27. The number of aromatic nitrogens is 2. The minimum Gasteiger partial charge on any atom is -0.446 e. The monoisotopic (exact) mass is 448 g/mol. The van der Waals surface area contributed by atoms with E-state index in [9.17, 15) is 17.6 Å². The number of fused-ring (bicyclic) bond motifs is 1. The van der Waals surface area contributed by atoms with Gasteiger partial charge in [-0.05, 0) is 50.2 Å². The maximum Gasteiger partial charge on any atom is 0.407 e. The second-order valence-electron chi connectivity index (χ2n) is 8.74. The van der Waals surface area contributed by atoms with Crippen molar-refractivity contribution in [1.29, 1.82) is 0 Å². The van der Waals surface area contributed by atoms with Crippen LogP contribution in [0.5, 0.6) is 0 Å². The maximum atomic E-state index is 14.8. The number of rotatable bonds is 5. The zero-order valence-electron chi connectivity index (χ0n) is 17.0. The van der Waals surface area contributed by atoms with Crippen LogP contribution in [0.25, 0.3) is 0 Å². The number of benzene rings is 1. The Morgan fingerprint density at radius 2 is 2.03 bits per heavy atom. The molecule has 0 spiro atoms. The number of halogens is 1. The van der Waals surface area contributed by atoms with E-state index in [1.165, 1.54) is 0 Å². The lowest BCUT2D eigenvalue weighted by molar-refractivity contribution is 0.0932. The summed E-state index contributed by atoms with van der Waals surface area (Å²) in [4.78, 5) is 12.0. The van der Waals surface area contributed by atoms with Crippen LogP contribution in [0, 0.1) is 5.82 Å². The number of hydrogen-bond donors (Lipinski definition) is 3. The van der Waals surface area contributed by atoms with Crippen LogP contribution in [-0.4, -0.2) is 36.9 Å². The van der Waals surface area contributed by atoms with Gasteiger partial charge in [-0.3, -0.25) is 5.10 Å². The first-order valence-electron chi connectivity index (χ1n) is 10.7. The standard InChI is InChI=1S/C21H25FN4O4S/c22-20-16-11-31(28,29)10-13(16)5-7-17(20)24-19-9-18(25-26-19)12-4-6-15(8-12)30-21(27)23-14-2-1-3-14/h5,7,9,12,14-15H,1-4,6,8,10-11H2,(H,23,27)(H2,24,25,26). The Hall–Kier alpha value is -2.62. The lowest BCUT2D eigenvalue weighted by Crippen LogP contribution is -2.40. The number of aromatic amines is 1. The van der Waals surface area contributed by atoms with E-state index in [1.807, 2.05) is 6.07 Å². The molecule has 0 saturated heterocycles. The molecule has 5 rings (SSSR count). The number of sulfone groups is 1. The summed E-state index contributed by atoms with van der Waals surface area (Å²) < 4.78 is 43.9. The topological polar surface area (TPSA) is 113 Å². The van der Waals surface area contributed by atoms with E-state index in [-0.39, 0.29) is 46.9 Å². The fourth-order valence-corrected chi connectivity index (χ4v) is 6.14. The van der Waals surface area contributed by atoms with E-state index in [1.54, 1.807) is 12.1 Å². The molecule has 2 aromatic rings. The molecule has 1 aliphatic heterocycles. The summed E-state index contributed by atoms with van der Waals surface area (Å²) >= 11 is 0. The first kappa shape index (κ1) is 20.3. The molecule has 166 valence electrons. The Labute approximate surface area is 179 Å². The summed E-state index contributed by atoms with van der Waals surface area (Å²) in [5.74, 6) is -0.292. The summed E-state index contributed by atoms with van der Waals surface area (Å²) in [5.41, 5.74) is 1.85. The second kappa shape index (κ2) is 7.81. The minimum atomic E-state index is -3.27. The normalized spacial score (nSPS) is 24.4. The molecule has 2 fully saturated rings. The van der Waals surface area contributed by atoms with Crippen LogP contribution >= 0.6 is 0 Å². The van der Waals surface area contributed by atoms with Crippen LogP contribution in [-0.2, 0) is 26.1 Å². The van der Waals surface area contributed by atoms with Crippen molar-refractivity contribution in [2.45, 2.75) is 68.1 Å². The number of hydrogen-bond acceptors (Lipinski definition) is 6. The van der Waals surface area contributed by atoms with Gasteiger partial charge < -0.3 is 15.4 Å². The predicted molar refractivity (Wildman–Crippen MR) is 112 cm³/mol. The van der Waals surface area contributed by atoms with E-state index >= 15 is 0 Å². The van der Waals surface area contributed by atoms with Crippen molar-refractivity contribution >= 4 is 27.4 Å². The van der Waals surface area contributed by atoms with Gasteiger partial charge in [-0.15, -0.1) is 0 Å². The molecule has 2 saturated carbocycles. The molecular formula is C21H25FN4O4S. The van der Waals surface area contributed by atoms with E-state index in [0.717, 1.165) is 37.8 Å². The summed E-state index contributed by atoms with van der Waals surface area (Å²) in [6.45, 7) is 0. The van der Waals surface area contributed by atoms with Gasteiger partial charge in [0.05, 0.1) is 17.2 Å². The molecule has 0 radical (unpaired) electrons. The highest BCUT2D eigenvalue weighted by molar-refractivity contribution is 7.90. The van der Waals surface area contributed by atoms with Gasteiger partial charge in [-0.25, -0.2) is 17.6 Å². The molecular weight excluding hydrogens is 423 g/mol. The van der Waals surface area contributed by atoms with Crippen LogP contribution in [0.2, 0.25) is 0 Å². The van der Waals surface area contributed by atoms with Crippen molar-refractivity contribution in [2.75, 3.05) is 5.32 Å². The first-order valence-corrected chi connectivity index (χ1v) is 12.5. The van der Waals surface area contributed by atoms with Crippen molar-refractivity contribution in [3.63, 3.8) is 0 Å². The Bertz CT molecular complexity index is 1110. The van der Waals surface area contributed by atoms with Crippen molar-refractivity contribution in [2.24, 2.45) is 0 Å². The highest BCUT2D eigenvalue weighted by Gasteiger charge is 2.31. The number of nitrogens with zero attached hydrogens (tertiary/aromatic N) is 1. The first-order chi connectivity index (χ1) is 14.9. The van der Waals surface area contributed by atoms with Gasteiger partial charge in [-0.1, -0.05) is 6.07 Å². The van der Waals surface area contributed by atoms with Gasteiger partial charge in [0, 0.05) is 29.3 Å². The van der Waals surface area contributed by atoms with Crippen molar-refractivity contribution in [3.05, 3.63) is 40.8 Å². The van der Waals surface area contributed by atoms with Gasteiger partial charge in [0.2, 0.25) is 0 Å². The van der Waals surface area contributed by atoms with Crippen LogP contribution in [0.3, 0.4) is 0 Å². The molecule has 10 heteroatoms. The highest BCUT2D eigenvalue weighted by atomic mass is 32.2. The second-order valence-corrected chi connectivity index (χ2v) is 10.8. The zero-order valence-corrected chi connectivity index (χ0v) is 17.8. The van der Waals surface area contributed by atoms with Crippen LogP contribution in [0.4, 0.5) is 20.7 Å². The molecule has 2 atom stereocenters. The van der Waals surface area contributed by atoms with Gasteiger partial charge >= 0.3 is 6.09 Å². The molecule has 1 amide bonds. The van der Waals surface area contributed by atoms with Crippen molar-refractivity contribution < 1.29 is 22.3 Å². The quantitative estimate of drug-likeness (QED) is 0.644. The molecule has 0 bridgehead atoms. The molecule has 3 aliphatic rings. The number of carbonyl (C=O) groups excluding carboxylic acids is 1. The van der Waals surface area contributed by atoms with E-state index in [2.05, 4.69) is 20.8 Å². The Morgan fingerprint density at radius 3 is 2.81 bits per heavy atom. The fourth-order valence-electron chi connectivity index (χ4n) is 4.54. The van der Waals surface area contributed by atoms with Crippen LogP contribution in [0.1, 0.15) is 61.3 Å². The molecule has 1 aromatic heterocycles. The highest BCUT2D eigenvalue weighted by Crippen LogP contribution is 2.37. The number of H-pyrrole nitrogens is 1. The number of anilines is 2. The third-order valence-electron chi connectivity index (χ3n) is 6.47. The van der Waals surface area contributed by atoms with Gasteiger partial charge in [0.15, 0.2) is 21.5 Å². The molecule has 2 aliphatic carbocycles. The smallest absolute Gasteiger partial charge is 0.407 e. The lowest BCUT2D eigenvalue weighted by Gasteiger charge is -2.26. The third-order valence-corrected chi connectivity index (χ3v) is 7.94. The predicted octanol–water partition coefficient (Wildman–Crippen LogP) is 3.64. The van der Waals surface area contributed by atoms with Crippen LogP contribution < -0.4 is 10.6 Å². The SMILES string of the molecule is O=C(NC1CCC1)OC1CCC(c2cc(Nc3ccc4c(c3F)CS(=O)(=O)C4)n[nH]2)C1. The average molecular weight is 449 g/mol. The summed E-state index contributed by atoms with van der Waals surface area (Å²) in [7, 11) is -3.27. The Kier molecular flexibility index (Phi) is 5.11. The zero-order chi connectivity index (χ0) is 21.6. The summed E-state index contributed by atoms with van der Waals surface area (Å²) in [6.07, 6.45) is 5.11. The fraction of sp³-hybridized carbons (Fsp3) is 0.524. The van der Waals surface area contributed by atoms with Crippen molar-refractivity contribution in [3.8, 4) is 0 Å². The molecule has 2 heterocycles. The minimum absolute atomic E-state index is 0.115. The molecule has 2 unspecified atom stereocenters. The third kappa shape index (κ3) is 4.26. The van der Waals surface area contributed by atoms with Crippen molar-refractivity contribution in [1.82, 2.24) is 15.5 Å². The average Bonchev–Trinajstić information content (AvgIpc) is 3.39. The Balaban J connectivity index is 1.20. The number of alkyl carbamates (subject to hydrolysis) is 1. The van der Waals surface area contributed by atoms with E-state index in [4.69, 9.17) is 4.74 Å².